The van der Waals surface area contributed by atoms with Gasteiger partial charge < -0.3 is 14.6 Å². The van der Waals surface area contributed by atoms with Crippen LogP contribution in [0.5, 0.6) is 11.5 Å². The van der Waals surface area contributed by atoms with Crippen molar-refractivity contribution >= 4 is 46.6 Å². The minimum Gasteiger partial charge on any atom is -0.493 e. The van der Waals surface area contributed by atoms with Crippen LogP contribution in [0.2, 0.25) is 5.02 Å². The minimum atomic E-state index is -1.13. The number of hydrogen-bond donors (Lipinski definition) is 1. The van der Waals surface area contributed by atoms with E-state index in [9.17, 15) is 18.8 Å². The van der Waals surface area contributed by atoms with Gasteiger partial charge in [0, 0.05) is 10.6 Å². The van der Waals surface area contributed by atoms with Crippen LogP contribution in [-0.2, 0) is 16.1 Å². The van der Waals surface area contributed by atoms with E-state index in [1.165, 1.54) is 44.4 Å². The van der Waals surface area contributed by atoms with Crippen molar-refractivity contribution in [1.82, 2.24) is 4.90 Å². The quantitative estimate of drug-likeness (QED) is 0.598. The Morgan fingerprint density at radius 1 is 1.29 bits per heavy atom. The van der Waals surface area contributed by atoms with Crippen LogP contribution in [0.3, 0.4) is 0 Å². The molecule has 2 amide bonds. The van der Waals surface area contributed by atoms with Crippen LogP contribution in [0.4, 0.5) is 9.18 Å². The van der Waals surface area contributed by atoms with Gasteiger partial charge in [-0.3, -0.25) is 14.5 Å². The number of rotatable bonds is 7. The number of hydrogen-bond acceptors (Lipinski definition) is 6. The molecular weight excluding hydrogens is 449 g/mol. The fraction of sp³-hybridized carbons (Fsp3) is 0.190. The zero-order chi connectivity index (χ0) is 22.7. The largest absolute Gasteiger partial charge is 0.493 e. The van der Waals surface area contributed by atoms with E-state index in [2.05, 4.69) is 0 Å². The summed E-state index contributed by atoms with van der Waals surface area (Å²) in [4.78, 5) is 37.1. The van der Waals surface area contributed by atoms with Crippen molar-refractivity contribution in [2.75, 3.05) is 7.11 Å². The number of benzene rings is 2. The lowest BCUT2D eigenvalue weighted by atomic mass is 10.1. The number of carboxylic acid groups (broad SMARTS) is 1. The van der Waals surface area contributed by atoms with Crippen LogP contribution in [0.15, 0.2) is 41.3 Å². The Morgan fingerprint density at radius 2 is 2.03 bits per heavy atom. The van der Waals surface area contributed by atoms with Crippen molar-refractivity contribution in [3.05, 3.63) is 63.3 Å². The number of nitrogens with zero attached hydrogens (tertiary/aromatic N) is 1. The molecule has 0 bridgehead atoms. The second-order valence-electron chi connectivity index (χ2n) is 6.48. The number of amides is 2. The Bertz CT molecular complexity index is 1070. The summed E-state index contributed by atoms with van der Waals surface area (Å²) in [5.74, 6) is -1.83. The summed E-state index contributed by atoms with van der Waals surface area (Å²) in [6.45, 7) is 1.10. The maximum Gasteiger partial charge on any atom is 0.344 e. The summed E-state index contributed by atoms with van der Waals surface area (Å²) in [6, 6.07) is 8.77. The molecule has 3 rings (SSSR count). The Morgan fingerprint density at radius 3 is 2.68 bits per heavy atom. The van der Waals surface area contributed by atoms with E-state index in [1.807, 2.05) is 0 Å². The van der Waals surface area contributed by atoms with E-state index in [4.69, 9.17) is 26.2 Å². The molecule has 0 aliphatic carbocycles. The van der Waals surface area contributed by atoms with Gasteiger partial charge in [-0.25, -0.2) is 9.18 Å². The highest BCUT2D eigenvalue weighted by molar-refractivity contribution is 8.18. The van der Waals surface area contributed by atoms with Gasteiger partial charge in [-0.15, -0.1) is 0 Å². The van der Waals surface area contributed by atoms with Gasteiger partial charge in [0.25, 0.3) is 11.1 Å². The predicted molar refractivity (Wildman–Crippen MR) is 114 cm³/mol. The Hall–Kier alpha value is -3.04. The molecule has 10 heteroatoms. The number of ether oxygens (including phenoxy) is 2. The third kappa shape index (κ3) is 5.00. The fourth-order valence-electron chi connectivity index (χ4n) is 2.74. The van der Waals surface area contributed by atoms with Crippen LogP contribution < -0.4 is 9.47 Å². The summed E-state index contributed by atoms with van der Waals surface area (Å²) in [5, 5.41) is 8.57. The third-order valence-corrected chi connectivity index (χ3v) is 5.65. The lowest BCUT2D eigenvalue weighted by molar-refractivity contribution is -0.144. The molecule has 0 spiro atoms. The molecule has 1 aliphatic rings. The minimum absolute atomic E-state index is 0.0587. The van der Waals surface area contributed by atoms with E-state index in [0.29, 0.717) is 5.56 Å². The molecule has 0 radical (unpaired) electrons. The lowest BCUT2D eigenvalue weighted by Gasteiger charge is -2.14. The molecule has 1 atom stereocenters. The highest BCUT2D eigenvalue weighted by Crippen LogP contribution is 2.36. The smallest absolute Gasteiger partial charge is 0.344 e. The summed E-state index contributed by atoms with van der Waals surface area (Å²) in [5.41, 5.74) is 0.588. The van der Waals surface area contributed by atoms with Crippen molar-refractivity contribution in [3.63, 3.8) is 0 Å². The first-order chi connectivity index (χ1) is 14.7. The van der Waals surface area contributed by atoms with Gasteiger partial charge in [-0.1, -0.05) is 23.7 Å². The standard InChI is InChI=1S/C21H17ClFNO6S/c1-11(20(26)27)30-16-7-6-12(8-17(16)29-2)9-18-19(25)24(21(28)31-18)10-13-14(22)4-3-5-15(13)23/h3-9,11H,10H2,1-2H3,(H,26,27). The number of carbonyl (C=O) groups is 3. The van der Waals surface area contributed by atoms with Gasteiger partial charge >= 0.3 is 5.97 Å². The van der Waals surface area contributed by atoms with Gasteiger partial charge in [0.2, 0.25) is 0 Å². The molecule has 1 unspecified atom stereocenters. The summed E-state index contributed by atoms with van der Waals surface area (Å²) >= 11 is 6.72. The SMILES string of the molecule is COc1cc(C=C2SC(=O)N(Cc3c(F)cccc3Cl)C2=O)ccc1OC(C)C(=O)O. The Balaban J connectivity index is 1.83. The molecule has 31 heavy (non-hydrogen) atoms. The number of thioether (sulfide) groups is 1. The first-order valence-electron chi connectivity index (χ1n) is 8.97. The van der Waals surface area contributed by atoms with Gasteiger partial charge in [-0.2, -0.15) is 0 Å². The Labute approximate surface area is 186 Å². The van der Waals surface area contributed by atoms with Crippen LogP contribution in [0.25, 0.3) is 6.08 Å². The fourth-order valence-corrected chi connectivity index (χ4v) is 3.80. The molecule has 1 heterocycles. The third-order valence-electron chi connectivity index (χ3n) is 4.39. The summed E-state index contributed by atoms with van der Waals surface area (Å²) in [7, 11) is 1.39. The lowest BCUT2D eigenvalue weighted by Crippen LogP contribution is -2.28. The van der Waals surface area contributed by atoms with E-state index < -0.39 is 29.0 Å². The van der Waals surface area contributed by atoms with E-state index in [-0.39, 0.29) is 33.5 Å². The Kier molecular flexibility index (Phi) is 6.87. The second kappa shape index (κ2) is 9.40. The average Bonchev–Trinajstić information content (AvgIpc) is 2.98. The van der Waals surface area contributed by atoms with E-state index in [1.54, 1.807) is 12.1 Å². The van der Waals surface area contributed by atoms with Crippen molar-refractivity contribution in [2.24, 2.45) is 0 Å². The van der Waals surface area contributed by atoms with Gasteiger partial charge in [-0.05, 0) is 54.6 Å². The molecular formula is C21H17ClFNO6S. The molecule has 1 saturated heterocycles. The number of carboxylic acids is 1. The molecule has 1 aliphatic heterocycles. The van der Waals surface area contributed by atoms with Crippen LogP contribution in [0, 0.1) is 5.82 Å². The maximum atomic E-state index is 14.0. The predicted octanol–water partition coefficient (Wildman–Crippen LogP) is 4.58. The highest BCUT2D eigenvalue weighted by Gasteiger charge is 2.36. The van der Waals surface area contributed by atoms with Crippen LogP contribution in [0.1, 0.15) is 18.1 Å². The van der Waals surface area contributed by atoms with Crippen LogP contribution in [-0.4, -0.2) is 40.3 Å². The summed E-state index contributed by atoms with van der Waals surface area (Å²) < 4.78 is 24.6. The molecule has 2 aromatic carbocycles. The molecule has 7 nitrogen and oxygen atoms in total. The normalized spacial score (nSPS) is 16.0. The average molecular weight is 466 g/mol. The van der Waals surface area contributed by atoms with E-state index >= 15 is 0 Å². The monoisotopic (exact) mass is 465 g/mol. The molecule has 2 aromatic rings. The van der Waals surface area contributed by atoms with Gasteiger partial charge in [0.05, 0.1) is 18.6 Å². The van der Waals surface area contributed by atoms with E-state index in [0.717, 1.165) is 16.7 Å². The first-order valence-corrected chi connectivity index (χ1v) is 10.2. The zero-order valence-corrected chi connectivity index (χ0v) is 18.0. The number of imide groups is 1. The number of halogens is 2. The molecule has 1 fully saturated rings. The first kappa shape index (κ1) is 22.6. The molecule has 0 aromatic heterocycles. The molecule has 0 saturated carbocycles. The summed E-state index contributed by atoms with van der Waals surface area (Å²) in [6.07, 6.45) is 0.405. The van der Waals surface area contributed by atoms with Crippen molar-refractivity contribution in [1.29, 1.82) is 0 Å². The number of carbonyl (C=O) groups excluding carboxylic acids is 2. The second-order valence-corrected chi connectivity index (χ2v) is 7.88. The zero-order valence-electron chi connectivity index (χ0n) is 16.4. The maximum absolute atomic E-state index is 14.0. The van der Waals surface area contributed by atoms with Crippen molar-refractivity contribution in [2.45, 2.75) is 19.6 Å². The number of aliphatic carboxylic acids is 1. The van der Waals surface area contributed by atoms with Crippen molar-refractivity contribution in [3.8, 4) is 11.5 Å². The number of methoxy groups -OCH3 is 1. The highest BCUT2D eigenvalue weighted by atomic mass is 35.5. The molecule has 1 N–H and O–H groups in total. The van der Waals surface area contributed by atoms with Gasteiger partial charge in [0.1, 0.15) is 5.82 Å². The van der Waals surface area contributed by atoms with Crippen molar-refractivity contribution < 1.29 is 33.4 Å². The molecule has 162 valence electrons. The van der Waals surface area contributed by atoms with Gasteiger partial charge in [0.15, 0.2) is 17.6 Å². The topological polar surface area (TPSA) is 93.1 Å². The van der Waals surface area contributed by atoms with Crippen LogP contribution >= 0.6 is 23.4 Å².